The highest BCUT2D eigenvalue weighted by Gasteiger charge is 2.40. The molecule has 2 aliphatic rings. The van der Waals surface area contributed by atoms with Crippen LogP contribution in [0.25, 0.3) is 11.0 Å². The van der Waals surface area contributed by atoms with Gasteiger partial charge >= 0.3 is 0 Å². The summed E-state index contributed by atoms with van der Waals surface area (Å²) in [4.78, 5) is 33.2. The molecule has 2 amide bonds. The maximum Gasteiger partial charge on any atom is 0.270 e. The minimum absolute atomic E-state index is 0.00658. The van der Waals surface area contributed by atoms with Crippen molar-refractivity contribution in [3.8, 4) is 6.07 Å². The summed E-state index contributed by atoms with van der Waals surface area (Å²) in [5, 5.41) is 19.8. The highest BCUT2D eigenvalue weighted by molar-refractivity contribution is 5.93. The van der Waals surface area contributed by atoms with Crippen LogP contribution in [0.5, 0.6) is 0 Å². The zero-order chi connectivity index (χ0) is 26.2. The van der Waals surface area contributed by atoms with E-state index in [-0.39, 0.29) is 49.3 Å². The summed E-state index contributed by atoms with van der Waals surface area (Å²) in [7, 11) is 0. The number of amides is 2. The van der Waals surface area contributed by atoms with Crippen molar-refractivity contribution < 1.29 is 18.4 Å². The summed E-state index contributed by atoms with van der Waals surface area (Å²) < 4.78 is 29.5. The number of aromatic nitrogens is 4. The first kappa shape index (κ1) is 24.9. The van der Waals surface area contributed by atoms with Crippen LogP contribution in [0.1, 0.15) is 72.5 Å². The fraction of sp³-hybridized carbons (Fsp3) is 0.500. The van der Waals surface area contributed by atoms with Crippen molar-refractivity contribution in [2.24, 2.45) is 11.8 Å². The van der Waals surface area contributed by atoms with Gasteiger partial charge in [0, 0.05) is 38.0 Å². The molecule has 2 atom stereocenters. The van der Waals surface area contributed by atoms with Gasteiger partial charge in [-0.2, -0.15) is 10.4 Å². The minimum atomic E-state index is -2.71. The third-order valence-electron chi connectivity index (χ3n) is 7.49. The Bertz CT molecular complexity index is 1360. The molecule has 0 radical (unpaired) electrons. The zero-order valence-corrected chi connectivity index (χ0v) is 20.6. The van der Waals surface area contributed by atoms with E-state index in [1.54, 1.807) is 23.0 Å². The Hall–Kier alpha value is -3.81. The molecular formula is C26H29F2N7O2. The van der Waals surface area contributed by atoms with Gasteiger partial charge in [-0.3, -0.25) is 14.3 Å². The molecule has 194 valence electrons. The van der Waals surface area contributed by atoms with Gasteiger partial charge in [-0.1, -0.05) is 0 Å². The average molecular weight is 510 g/mol. The van der Waals surface area contributed by atoms with Gasteiger partial charge in [0.2, 0.25) is 11.8 Å². The zero-order valence-electron chi connectivity index (χ0n) is 20.6. The summed E-state index contributed by atoms with van der Waals surface area (Å²) in [5.74, 6) is -3.05. The van der Waals surface area contributed by atoms with Crippen molar-refractivity contribution in [1.82, 2.24) is 30.4 Å². The number of rotatable bonds is 7. The molecule has 37 heavy (non-hydrogen) atoms. The Kier molecular flexibility index (Phi) is 6.67. The Morgan fingerprint density at radius 1 is 1.32 bits per heavy atom. The Balaban J connectivity index is 1.49. The normalized spacial score (nSPS) is 20.5. The molecule has 2 aromatic heterocycles. The molecule has 3 N–H and O–H groups in total. The maximum atomic E-state index is 13.9. The molecule has 1 aromatic carbocycles. The summed E-state index contributed by atoms with van der Waals surface area (Å²) in [5.41, 5.74) is 2.64. The Morgan fingerprint density at radius 3 is 2.78 bits per heavy atom. The molecule has 9 nitrogen and oxygen atoms in total. The number of carbonyl (C=O) groups excluding carboxylic acids is 2. The van der Waals surface area contributed by atoms with Crippen molar-refractivity contribution in [3.63, 3.8) is 0 Å². The summed E-state index contributed by atoms with van der Waals surface area (Å²) in [6.45, 7) is 3.03. The summed E-state index contributed by atoms with van der Waals surface area (Å²) in [6.07, 6.45) is 2.74. The number of aryl methyl sites for hydroxylation is 1. The van der Waals surface area contributed by atoms with Gasteiger partial charge in [0.15, 0.2) is 0 Å². The number of halogens is 2. The highest BCUT2D eigenvalue weighted by Crippen LogP contribution is 2.41. The quantitative estimate of drug-likeness (QED) is 0.448. The van der Waals surface area contributed by atoms with E-state index in [1.807, 2.05) is 13.0 Å². The number of carbonyl (C=O) groups is 2. The summed E-state index contributed by atoms with van der Waals surface area (Å²) >= 11 is 0. The second-order valence-electron chi connectivity index (χ2n) is 9.93. The first-order valence-corrected chi connectivity index (χ1v) is 12.7. The van der Waals surface area contributed by atoms with E-state index in [1.165, 1.54) is 0 Å². The number of H-pyrrole nitrogens is 1. The second-order valence-corrected chi connectivity index (χ2v) is 9.93. The van der Waals surface area contributed by atoms with Crippen LogP contribution in [0, 0.1) is 23.2 Å². The average Bonchev–Trinajstić information content (AvgIpc) is 3.62. The Labute approximate surface area is 212 Å². The first-order chi connectivity index (χ1) is 17.8. The summed E-state index contributed by atoms with van der Waals surface area (Å²) in [6, 6.07) is 6.77. The third kappa shape index (κ3) is 5.05. The number of aromatic amines is 1. The van der Waals surface area contributed by atoms with Gasteiger partial charge in [0.05, 0.1) is 17.1 Å². The lowest BCUT2D eigenvalue weighted by Crippen LogP contribution is -2.38. The lowest BCUT2D eigenvalue weighted by Gasteiger charge is -2.33. The van der Waals surface area contributed by atoms with Gasteiger partial charge < -0.3 is 15.6 Å². The van der Waals surface area contributed by atoms with Crippen LogP contribution in [-0.4, -0.2) is 44.0 Å². The van der Waals surface area contributed by atoms with Crippen LogP contribution in [0.3, 0.4) is 0 Å². The van der Waals surface area contributed by atoms with E-state index < -0.39 is 12.0 Å². The van der Waals surface area contributed by atoms with Crippen molar-refractivity contribution in [2.45, 2.75) is 64.0 Å². The van der Waals surface area contributed by atoms with Crippen molar-refractivity contribution in [1.29, 1.82) is 5.26 Å². The number of imidazole rings is 1. The number of hydrogen-bond donors (Lipinski definition) is 3. The molecular weight excluding hydrogens is 480 g/mol. The van der Waals surface area contributed by atoms with Gasteiger partial charge in [0.25, 0.3) is 5.91 Å². The number of alkyl halides is 2. The lowest BCUT2D eigenvalue weighted by atomic mass is 9.81. The number of nitriles is 1. The molecule has 2 fully saturated rings. The molecule has 0 spiro atoms. The van der Waals surface area contributed by atoms with Gasteiger partial charge in [-0.05, 0) is 62.3 Å². The molecule has 1 saturated heterocycles. The number of benzene rings is 1. The van der Waals surface area contributed by atoms with Gasteiger partial charge in [0.1, 0.15) is 23.1 Å². The lowest BCUT2D eigenvalue weighted by molar-refractivity contribution is -0.122. The van der Waals surface area contributed by atoms with E-state index in [2.05, 4.69) is 31.8 Å². The van der Waals surface area contributed by atoms with Crippen LogP contribution in [-0.2, 0) is 17.8 Å². The molecule has 1 aliphatic heterocycles. The molecule has 3 aromatic rings. The van der Waals surface area contributed by atoms with Crippen LogP contribution in [0.2, 0.25) is 0 Å². The van der Waals surface area contributed by atoms with E-state index in [0.29, 0.717) is 47.6 Å². The standard InChI is InChI=1S/C26H29F2N7O2/c1-2-35-20(6-10-31-35)25(37)34-22(16-3-7-26(27,28)8-4-16)23-32-19-13-15(11-17-5-9-30-24(17)36)12-18(14-29)21(19)33-23/h6,10,12-13,16-17,22H,2-5,7-9,11H2,1H3,(H,30,36)(H,32,33)(H,34,37). The largest absolute Gasteiger partial charge is 0.356 e. The molecule has 3 heterocycles. The predicted molar refractivity (Wildman–Crippen MR) is 131 cm³/mol. The minimum Gasteiger partial charge on any atom is -0.356 e. The smallest absolute Gasteiger partial charge is 0.270 e. The molecule has 0 bridgehead atoms. The first-order valence-electron chi connectivity index (χ1n) is 12.7. The predicted octanol–water partition coefficient (Wildman–Crippen LogP) is 3.63. The van der Waals surface area contributed by atoms with E-state index in [4.69, 9.17) is 0 Å². The molecule has 5 rings (SSSR count). The fourth-order valence-corrected chi connectivity index (χ4v) is 5.47. The van der Waals surface area contributed by atoms with Crippen molar-refractivity contribution >= 4 is 22.8 Å². The molecule has 11 heteroatoms. The number of hydrogen-bond acceptors (Lipinski definition) is 5. The number of nitrogens with zero attached hydrogens (tertiary/aromatic N) is 4. The van der Waals surface area contributed by atoms with Crippen molar-refractivity contribution in [2.75, 3.05) is 6.54 Å². The van der Waals surface area contributed by atoms with E-state index >= 15 is 0 Å². The van der Waals surface area contributed by atoms with Gasteiger partial charge in [-0.15, -0.1) is 0 Å². The van der Waals surface area contributed by atoms with Crippen molar-refractivity contribution in [3.05, 3.63) is 47.0 Å². The molecule has 2 unspecified atom stereocenters. The number of fused-ring (bicyclic) bond motifs is 1. The fourth-order valence-electron chi connectivity index (χ4n) is 5.47. The van der Waals surface area contributed by atoms with Crippen LogP contribution >= 0.6 is 0 Å². The van der Waals surface area contributed by atoms with Gasteiger partial charge in [-0.25, -0.2) is 13.8 Å². The second kappa shape index (κ2) is 9.92. The molecule has 1 aliphatic carbocycles. The topological polar surface area (TPSA) is 128 Å². The maximum absolute atomic E-state index is 13.9. The van der Waals surface area contributed by atoms with Crippen LogP contribution in [0.4, 0.5) is 8.78 Å². The monoisotopic (exact) mass is 509 g/mol. The van der Waals surface area contributed by atoms with E-state index in [9.17, 15) is 23.6 Å². The van der Waals surface area contributed by atoms with E-state index in [0.717, 1.165) is 12.0 Å². The SMILES string of the molecule is CCn1nccc1C(=O)NC(c1nc2c(C#N)cc(CC3CCNC3=O)cc2[nH]1)C1CCC(F)(F)CC1. The Morgan fingerprint density at radius 2 is 2.11 bits per heavy atom. The molecule has 1 saturated carbocycles. The van der Waals surface area contributed by atoms with Crippen LogP contribution < -0.4 is 10.6 Å². The number of nitrogens with one attached hydrogen (secondary N) is 3. The highest BCUT2D eigenvalue weighted by atomic mass is 19.3. The van der Waals surface area contributed by atoms with Crippen LogP contribution in [0.15, 0.2) is 24.4 Å². The third-order valence-corrected chi connectivity index (χ3v) is 7.49.